The molecule has 6 aromatic carbocycles. The van der Waals surface area contributed by atoms with Gasteiger partial charge in [-0.2, -0.15) is 0 Å². The van der Waals surface area contributed by atoms with Gasteiger partial charge in [0.1, 0.15) is 0 Å². The Labute approximate surface area is 255 Å². The molecule has 0 N–H and O–H groups in total. The predicted molar refractivity (Wildman–Crippen MR) is 187 cm³/mol. The quantitative estimate of drug-likeness (QED) is 0.197. The van der Waals surface area contributed by atoms with Crippen molar-refractivity contribution in [2.24, 2.45) is 0 Å². The largest absolute Gasteiger partial charge is 0.309 e. The second kappa shape index (κ2) is 9.93. The normalized spacial score (nSPS) is 12.7. The van der Waals surface area contributed by atoms with Crippen LogP contribution >= 0.6 is 0 Å². The Morgan fingerprint density at radius 1 is 0.432 bits per heavy atom. The molecule has 9 rings (SSSR count). The van der Waals surface area contributed by atoms with E-state index in [1.807, 2.05) is 0 Å². The summed E-state index contributed by atoms with van der Waals surface area (Å²) in [5, 5.41) is 7.66. The van der Waals surface area contributed by atoms with Gasteiger partial charge in [-0.3, -0.25) is 0 Å². The number of fused-ring (bicyclic) bond motifs is 9. The van der Waals surface area contributed by atoms with E-state index < -0.39 is 0 Å². The average Bonchev–Trinajstić information content (AvgIpc) is 3.22. The summed E-state index contributed by atoms with van der Waals surface area (Å²) in [5.74, 6) is 0. The van der Waals surface area contributed by atoms with Crippen LogP contribution in [0.15, 0.2) is 146 Å². The van der Waals surface area contributed by atoms with E-state index in [1.165, 1.54) is 54.5 Å². The highest BCUT2D eigenvalue weighted by molar-refractivity contribution is 6.16. The zero-order valence-corrected chi connectivity index (χ0v) is 24.1. The second-order valence-electron chi connectivity index (χ2n) is 11.5. The molecule has 0 fully saturated rings. The topological polar surface area (TPSA) is 17.8 Å². The molecule has 0 aliphatic heterocycles. The molecule has 0 spiro atoms. The molecule has 2 aromatic heterocycles. The van der Waals surface area contributed by atoms with Crippen LogP contribution in [0.2, 0.25) is 0 Å². The summed E-state index contributed by atoms with van der Waals surface area (Å²) in [6.07, 6.45) is 10.0. The Kier molecular flexibility index (Phi) is 5.60. The van der Waals surface area contributed by atoms with Crippen LogP contribution in [-0.4, -0.2) is 9.55 Å². The number of rotatable bonds is 3. The lowest BCUT2D eigenvalue weighted by atomic mass is 9.90. The minimum absolute atomic E-state index is 0.957. The van der Waals surface area contributed by atoms with Gasteiger partial charge in [0.25, 0.3) is 0 Å². The summed E-state index contributed by atoms with van der Waals surface area (Å²) >= 11 is 0. The third kappa shape index (κ3) is 3.85. The van der Waals surface area contributed by atoms with Gasteiger partial charge in [-0.25, -0.2) is 4.98 Å². The smallest absolute Gasteiger partial charge is 0.0709 e. The maximum Gasteiger partial charge on any atom is 0.0709 e. The zero-order chi connectivity index (χ0) is 29.0. The fourth-order valence-corrected chi connectivity index (χ4v) is 6.95. The van der Waals surface area contributed by atoms with Crippen molar-refractivity contribution in [1.29, 1.82) is 0 Å². The number of hydrogen-bond donors (Lipinski definition) is 0. The maximum atomic E-state index is 5.16. The molecule has 8 aromatic rings. The number of allylic oxidation sites excluding steroid dienone is 2. The summed E-state index contributed by atoms with van der Waals surface area (Å²) in [6.45, 7) is 0. The van der Waals surface area contributed by atoms with Crippen LogP contribution in [0.3, 0.4) is 0 Å². The van der Waals surface area contributed by atoms with E-state index in [4.69, 9.17) is 4.98 Å². The van der Waals surface area contributed by atoms with Crippen molar-refractivity contribution in [1.82, 2.24) is 9.55 Å². The molecule has 0 radical (unpaired) electrons. The molecular formula is C42H28N2. The second-order valence-corrected chi connectivity index (χ2v) is 11.5. The van der Waals surface area contributed by atoms with Gasteiger partial charge in [-0.15, -0.1) is 0 Å². The van der Waals surface area contributed by atoms with Gasteiger partial charge >= 0.3 is 0 Å². The number of benzene rings is 6. The molecule has 1 aliphatic carbocycles. The Bertz CT molecular complexity index is 2400. The first-order valence-electron chi connectivity index (χ1n) is 15.2. The Hall–Kier alpha value is -5.73. The molecule has 44 heavy (non-hydrogen) atoms. The SMILES string of the molecule is C1=Cc2c(c3ccc(-c4cccc(-c5ccc(-n6c7ccccc7c7ccccc76)cc5)n4)cc3c3ccccc23)C=CC1. The Balaban J connectivity index is 1.13. The summed E-state index contributed by atoms with van der Waals surface area (Å²) in [5.41, 5.74) is 10.4. The van der Waals surface area contributed by atoms with Crippen molar-refractivity contribution in [3.8, 4) is 28.2 Å². The van der Waals surface area contributed by atoms with E-state index >= 15 is 0 Å². The first-order chi connectivity index (χ1) is 21.8. The molecule has 0 amide bonds. The van der Waals surface area contributed by atoms with Crippen molar-refractivity contribution in [2.75, 3.05) is 0 Å². The minimum Gasteiger partial charge on any atom is -0.309 e. The molecule has 0 bridgehead atoms. The Morgan fingerprint density at radius 3 is 1.66 bits per heavy atom. The molecule has 0 unspecified atom stereocenters. The van der Waals surface area contributed by atoms with Gasteiger partial charge in [0, 0.05) is 27.6 Å². The van der Waals surface area contributed by atoms with Gasteiger partial charge in [-0.1, -0.05) is 115 Å². The van der Waals surface area contributed by atoms with Crippen molar-refractivity contribution < 1.29 is 0 Å². The van der Waals surface area contributed by atoms with Crippen molar-refractivity contribution in [2.45, 2.75) is 6.42 Å². The maximum absolute atomic E-state index is 5.16. The highest BCUT2D eigenvalue weighted by atomic mass is 15.0. The number of aromatic nitrogens is 2. The molecular weight excluding hydrogens is 532 g/mol. The van der Waals surface area contributed by atoms with Gasteiger partial charge in [0.2, 0.25) is 0 Å². The molecule has 206 valence electrons. The van der Waals surface area contributed by atoms with Crippen LogP contribution in [0, 0.1) is 0 Å². The van der Waals surface area contributed by atoms with Crippen LogP contribution in [0.4, 0.5) is 0 Å². The summed E-state index contributed by atoms with van der Waals surface area (Å²) in [6, 6.07) is 48.0. The van der Waals surface area contributed by atoms with Crippen LogP contribution in [0.5, 0.6) is 0 Å². The molecule has 1 aliphatic rings. The minimum atomic E-state index is 0.957. The van der Waals surface area contributed by atoms with Crippen LogP contribution in [-0.2, 0) is 0 Å². The lowest BCUT2D eigenvalue weighted by Gasteiger charge is -2.14. The van der Waals surface area contributed by atoms with E-state index in [0.29, 0.717) is 0 Å². The van der Waals surface area contributed by atoms with E-state index in [-0.39, 0.29) is 0 Å². The third-order valence-corrected chi connectivity index (χ3v) is 8.99. The molecule has 0 saturated carbocycles. The van der Waals surface area contributed by atoms with Gasteiger partial charge in [-0.05, 0) is 81.6 Å². The molecule has 0 saturated heterocycles. The van der Waals surface area contributed by atoms with Crippen molar-refractivity contribution in [3.63, 3.8) is 0 Å². The number of nitrogens with zero attached hydrogens (tertiary/aromatic N) is 2. The van der Waals surface area contributed by atoms with Gasteiger partial charge < -0.3 is 4.57 Å². The lowest BCUT2D eigenvalue weighted by Crippen LogP contribution is -1.94. The van der Waals surface area contributed by atoms with Crippen molar-refractivity contribution in [3.05, 3.63) is 157 Å². The van der Waals surface area contributed by atoms with E-state index in [9.17, 15) is 0 Å². The standard InChI is InChI=1S/C42H28N2/c1-2-11-31-32-13-4-5-14-34(32)38-27-29(23-26-35(38)33(31)12-3-1)40-18-10-17-39(43-40)28-21-24-30(25-22-28)44-41-19-8-6-15-36(41)37-16-7-9-20-42(37)44/h2-27H,1H2. The van der Waals surface area contributed by atoms with Gasteiger partial charge in [0.15, 0.2) is 0 Å². The van der Waals surface area contributed by atoms with E-state index in [0.717, 1.165) is 34.6 Å². The first kappa shape index (κ1) is 24.8. The third-order valence-electron chi connectivity index (χ3n) is 8.99. The highest BCUT2D eigenvalue weighted by Gasteiger charge is 2.15. The summed E-state index contributed by atoms with van der Waals surface area (Å²) in [7, 11) is 0. The average molecular weight is 561 g/mol. The first-order valence-corrected chi connectivity index (χ1v) is 15.2. The number of hydrogen-bond acceptors (Lipinski definition) is 1. The zero-order valence-electron chi connectivity index (χ0n) is 24.1. The fourth-order valence-electron chi connectivity index (χ4n) is 6.95. The lowest BCUT2D eigenvalue weighted by molar-refractivity contribution is 1.18. The van der Waals surface area contributed by atoms with Crippen LogP contribution in [0.1, 0.15) is 17.5 Å². The van der Waals surface area contributed by atoms with Crippen LogP contribution < -0.4 is 0 Å². The predicted octanol–water partition coefficient (Wildman–Crippen LogP) is 11.2. The van der Waals surface area contributed by atoms with E-state index in [2.05, 4.69) is 162 Å². The molecule has 2 heterocycles. The van der Waals surface area contributed by atoms with Gasteiger partial charge in [0.05, 0.1) is 22.4 Å². The number of pyridine rings is 1. The number of para-hydroxylation sites is 2. The molecule has 2 nitrogen and oxygen atoms in total. The summed E-state index contributed by atoms with van der Waals surface area (Å²) < 4.78 is 2.35. The monoisotopic (exact) mass is 560 g/mol. The highest BCUT2D eigenvalue weighted by Crippen LogP contribution is 2.38. The summed E-state index contributed by atoms with van der Waals surface area (Å²) in [4.78, 5) is 5.16. The van der Waals surface area contributed by atoms with Crippen molar-refractivity contribution >= 4 is 55.5 Å². The fraction of sp³-hybridized carbons (Fsp3) is 0.0238. The molecule has 2 heteroatoms. The van der Waals surface area contributed by atoms with E-state index in [1.54, 1.807) is 0 Å². The molecule has 0 atom stereocenters. The van der Waals surface area contributed by atoms with Crippen LogP contribution in [0.25, 0.3) is 83.7 Å². The Morgan fingerprint density at radius 2 is 0.977 bits per heavy atom.